The van der Waals surface area contributed by atoms with Crippen molar-refractivity contribution in [1.29, 1.82) is 0 Å². The molecule has 8 heteroatoms. The van der Waals surface area contributed by atoms with E-state index in [-0.39, 0.29) is 24.1 Å². The molecule has 1 amide bonds. The normalized spacial score (nSPS) is 15.4. The summed E-state index contributed by atoms with van der Waals surface area (Å²) in [5.74, 6) is 0.757. The molecule has 27 heavy (non-hydrogen) atoms. The summed E-state index contributed by atoms with van der Waals surface area (Å²) in [6.45, 7) is 2.81. The standard InChI is InChI=1S/C19H24N4O4/c24-19(9-10-20-15-6-1-2-7-16(15)23(25)26)21-14-17(18-8-5-13-27-18)22-11-3-4-12-22/h1-2,5-8,13,17,20H,3-4,9-12,14H2,(H,21,24). The predicted molar refractivity (Wildman–Crippen MR) is 101 cm³/mol. The van der Waals surface area contributed by atoms with Gasteiger partial charge in [-0.25, -0.2) is 0 Å². The first-order valence-corrected chi connectivity index (χ1v) is 9.16. The summed E-state index contributed by atoms with van der Waals surface area (Å²) in [4.78, 5) is 25.1. The van der Waals surface area contributed by atoms with E-state index in [0.29, 0.717) is 18.8 Å². The van der Waals surface area contributed by atoms with Crippen molar-refractivity contribution in [3.8, 4) is 0 Å². The summed E-state index contributed by atoms with van der Waals surface area (Å²) < 4.78 is 5.55. The van der Waals surface area contributed by atoms with Crippen LogP contribution in [-0.4, -0.2) is 41.9 Å². The molecule has 2 heterocycles. The van der Waals surface area contributed by atoms with Gasteiger partial charge in [0, 0.05) is 25.6 Å². The lowest BCUT2D eigenvalue weighted by atomic mass is 10.2. The Bertz CT molecular complexity index is 757. The van der Waals surface area contributed by atoms with Crippen LogP contribution in [0.4, 0.5) is 11.4 Å². The van der Waals surface area contributed by atoms with Crippen LogP contribution < -0.4 is 10.6 Å². The summed E-state index contributed by atoms with van der Waals surface area (Å²) in [6.07, 6.45) is 4.20. The molecule has 0 saturated carbocycles. The summed E-state index contributed by atoms with van der Waals surface area (Å²) in [7, 11) is 0. The molecule has 1 aromatic carbocycles. The van der Waals surface area contributed by atoms with Gasteiger partial charge in [0.15, 0.2) is 0 Å². The van der Waals surface area contributed by atoms with Crippen LogP contribution >= 0.6 is 0 Å². The first-order chi connectivity index (χ1) is 13.1. The quantitative estimate of drug-likeness (QED) is 0.518. The van der Waals surface area contributed by atoms with Crippen molar-refractivity contribution >= 4 is 17.3 Å². The van der Waals surface area contributed by atoms with Gasteiger partial charge in [-0.05, 0) is 44.1 Å². The molecular weight excluding hydrogens is 348 g/mol. The van der Waals surface area contributed by atoms with Gasteiger partial charge < -0.3 is 15.1 Å². The number of amides is 1. The number of hydrogen-bond donors (Lipinski definition) is 2. The molecule has 1 aliphatic heterocycles. The second kappa shape index (κ2) is 9.18. The topological polar surface area (TPSA) is 101 Å². The molecule has 8 nitrogen and oxygen atoms in total. The Labute approximate surface area is 157 Å². The van der Waals surface area contributed by atoms with Crippen molar-refractivity contribution in [1.82, 2.24) is 10.2 Å². The van der Waals surface area contributed by atoms with E-state index in [2.05, 4.69) is 15.5 Å². The van der Waals surface area contributed by atoms with Gasteiger partial charge >= 0.3 is 0 Å². The van der Waals surface area contributed by atoms with Crippen LogP contribution in [0.2, 0.25) is 0 Å². The molecule has 1 saturated heterocycles. The van der Waals surface area contributed by atoms with Crippen molar-refractivity contribution in [3.63, 3.8) is 0 Å². The lowest BCUT2D eigenvalue weighted by Gasteiger charge is -2.26. The van der Waals surface area contributed by atoms with Gasteiger partial charge in [0.2, 0.25) is 5.91 Å². The van der Waals surface area contributed by atoms with Crippen LogP contribution in [-0.2, 0) is 4.79 Å². The first-order valence-electron chi connectivity index (χ1n) is 9.16. The van der Waals surface area contributed by atoms with Crippen LogP contribution in [0.15, 0.2) is 47.1 Å². The molecule has 0 bridgehead atoms. The third-order valence-corrected chi connectivity index (χ3v) is 4.71. The third-order valence-electron chi connectivity index (χ3n) is 4.71. The zero-order valence-electron chi connectivity index (χ0n) is 15.1. The average Bonchev–Trinajstić information content (AvgIpc) is 3.37. The number of benzene rings is 1. The van der Waals surface area contributed by atoms with E-state index in [1.165, 1.54) is 6.07 Å². The molecule has 1 fully saturated rings. The molecular formula is C19H24N4O4. The maximum Gasteiger partial charge on any atom is 0.292 e. The van der Waals surface area contributed by atoms with Crippen molar-refractivity contribution in [2.45, 2.75) is 25.3 Å². The monoisotopic (exact) mass is 372 g/mol. The van der Waals surface area contributed by atoms with Crippen molar-refractivity contribution in [2.75, 3.05) is 31.5 Å². The molecule has 1 unspecified atom stereocenters. The van der Waals surface area contributed by atoms with Crippen molar-refractivity contribution in [3.05, 3.63) is 58.5 Å². The number of furan rings is 1. The molecule has 2 N–H and O–H groups in total. The second-order valence-electron chi connectivity index (χ2n) is 6.53. The minimum Gasteiger partial charge on any atom is -0.468 e. The Morgan fingerprint density at radius 3 is 2.70 bits per heavy atom. The van der Waals surface area contributed by atoms with E-state index >= 15 is 0 Å². The Balaban J connectivity index is 1.48. The summed E-state index contributed by atoms with van der Waals surface area (Å²) >= 11 is 0. The van der Waals surface area contributed by atoms with Gasteiger partial charge in [-0.2, -0.15) is 0 Å². The minimum atomic E-state index is -0.438. The molecule has 0 spiro atoms. The number of anilines is 1. The highest BCUT2D eigenvalue weighted by atomic mass is 16.6. The fourth-order valence-corrected chi connectivity index (χ4v) is 3.34. The van der Waals surface area contributed by atoms with Gasteiger partial charge in [0.1, 0.15) is 11.4 Å². The highest BCUT2D eigenvalue weighted by Gasteiger charge is 2.25. The molecule has 0 radical (unpaired) electrons. The van der Waals surface area contributed by atoms with E-state index in [4.69, 9.17) is 4.42 Å². The lowest BCUT2D eigenvalue weighted by Crippen LogP contribution is -2.37. The van der Waals surface area contributed by atoms with E-state index in [0.717, 1.165) is 31.7 Å². The highest BCUT2D eigenvalue weighted by molar-refractivity contribution is 5.76. The molecule has 0 aliphatic carbocycles. The second-order valence-corrected chi connectivity index (χ2v) is 6.53. The maximum atomic E-state index is 12.2. The summed E-state index contributed by atoms with van der Waals surface area (Å²) in [6, 6.07) is 10.2. The van der Waals surface area contributed by atoms with Crippen molar-refractivity contribution < 1.29 is 14.1 Å². The fourth-order valence-electron chi connectivity index (χ4n) is 3.34. The molecule has 2 aromatic rings. The van der Waals surface area contributed by atoms with Crippen LogP contribution in [0.3, 0.4) is 0 Å². The van der Waals surface area contributed by atoms with Gasteiger partial charge in [-0.1, -0.05) is 12.1 Å². The summed E-state index contributed by atoms with van der Waals surface area (Å²) in [5, 5.41) is 16.9. The smallest absolute Gasteiger partial charge is 0.292 e. The number of carbonyl (C=O) groups is 1. The van der Waals surface area contributed by atoms with E-state index in [1.54, 1.807) is 24.5 Å². The Morgan fingerprint density at radius 2 is 2.00 bits per heavy atom. The van der Waals surface area contributed by atoms with Crippen LogP contribution in [0, 0.1) is 10.1 Å². The third kappa shape index (κ3) is 5.07. The number of nitro groups is 1. The Hall–Kier alpha value is -2.87. The lowest BCUT2D eigenvalue weighted by molar-refractivity contribution is -0.384. The van der Waals surface area contributed by atoms with E-state index in [1.807, 2.05) is 12.1 Å². The highest BCUT2D eigenvalue weighted by Crippen LogP contribution is 2.25. The Kier molecular flexibility index (Phi) is 6.43. The number of rotatable bonds is 9. The number of hydrogen-bond acceptors (Lipinski definition) is 6. The van der Waals surface area contributed by atoms with E-state index < -0.39 is 4.92 Å². The Morgan fingerprint density at radius 1 is 1.22 bits per heavy atom. The molecule has 144 valence electrons. The molecule has 1 atom stereocenters. The zero-order valence-corrected chi connectivity index (χ0v) is 15.1. The van der Waals surface area contributed by atoms with Crippen molar-refractivity contribution in [2.24, 2.45) is 0 Å². The average molecular weight is 372 g/mol. The van der Waals surface area contributed by atoms with Gasteiger partial charge in [0.05, 0.1) is 17.2 Å². The number of nitro benzene ring substituents is 1. The van der Waals surface area contributed by atoms with E-state index in [9.17, 15) is 14.9 Å². The fraction of sp³-hybridized carbons (Fsp3) is 0.421. The van der Waals surface area contributed by atoms with Crippen LogP contribution in [0.1, 0.15) is 31.1 Å². The number of nitrogens with zero attached hydrogens (tertiary/aromatic N) is 2. The zero-order chi connectivity index (χ0) is 19.1. The number of carbonyl (C=O) groups excluding carboxylic acids is 1. The first kappa shape index (κ1) is 18.9. The largest absolute Gasteiger partial charge is 0.468 e. The van der Waals surface area contributed by atoms with Crippen LogP contribution in [0.25, 0.3) is 0 Å². The van der Waals surface area contributed by atoms with Gasteiger partial charge in [-0.15, -0.1) is 0 Å². The molecule has 1 aliphatic rings. The molecule has 3 rings (SSSR count). The number of para-hydroxylation sites is 2. The number of nitrogens with one attached hydrogen (secondary N) is 2. The summed E-state index contributed by atoms with van der Waals surface area (Å²) in [5.41, 5.74) is 0.422. The molecule has 1 aromatic heterocycles. The van der Waals surface area contributed by atoms with Crippen LogP contribution in [0.5, 0.6) is 0 Å². The SMILES string of the molecule is O=C(CCNc1ccccc1[N+](=O)[O-])NCC(c1ccco1)N1CCCC1. The predicted octanol–water partition coefficient (Wildman–Crippen LogP) is 2.94. The maximum absolute atomic E-state index is 12.2. The van der Waals surface area contributed by atoms with Gasteiger partial charge in [0.25, 0.3) is 5.69 Å². The number of likely N-dealkylation sites (tertiary alicyclic amines) is 1. The van der Waals surface area contributed by atoms with Gasteiger partial charge in [-0.3, -0.25) is 19.8 Å². The minimum absolute atomic E-state index is 0.00447.